The molecular formula is C20H20N4O2S. The number of hydrogen-bond acceptors (Lipinski definition) is 4. The molecule has 27 heavy (non-hydrogen) atoms. The fourth-order valence-electron chi connectivity index (χ4n) is 3.26. The molecule has 3 aromatic rings. The van der Waals surface area contributed by atoms with Crippen molar-refractivity contribution in [1.82, 2.24) is 20.4 Å². The Kier molecular flexibility index (Phi) is 4.77. The minimum atomic E-state index is -0.351. The predicted molar refractivity (Wildman–Crippen MR) is 104 cm³/mol. The summed E-state index contributed by atoms with van der Waals surface area (Å²) in [7, 11) is 0. The molecule has 2 heterocycles. The number of fused-ring (bicyclic) bond motifs is 1. The van der Waals surface area contributed by atoms with E-state index < -0.39 is 0 Å². The second-order valence-electron chi connectivity index (χ2n) is 6.83. The first kappa shape index (κ1) is 17.5. The Hall–Kier alpha value is -2.93. The number of benzene rings is 1. The van der Waals surface area contributed by atoms with Crippen molar-refractivity contribution in [3.63, 3.8) is 0 Å². The first-order valence-electron chi connectivity index (χ1n) is 8.91. The molecule has 2 amide bonds. The van der Waals surface area contributed by atoms with Gasteiger partial charge in [0.15, 0.2) is 0 Å². The van der Waals surface area contributed by atoms with Gasteiger partial charge in [0.2, 0.25) is 0 Å². The normalized spacial score (nSPS) is 15.8. The first-order valence-corrected chi connectivity index (χ1v) is 9.72. The number of hydrogen-bond donors (Lipinski definition) is 2. The van der Waals surface area contributed by atoms with E-state index >= 15 is 0 Å². The number of thiophene rings is 1. The largest absolute Gasteiger partial charge is 0.306 e. The van der Waals surface area contributed by atoms with Crippen LogP contribution in [0.1, 0.15) is 43.8 Å². The van der Waals surface area contributed by atoms with Crippen molar-refractivity contribution in [2.24, 2.45) is 5.92 Å². The van der Waals surface area contributed by atoms with Gasteiger partial charge in [0.05, 0.1) is 11.2 Å². The molecule has 0 bridgehead atoms. The van der Waals surface area contributed by atoms with E-state index in [0.29, 0.717) is 16.4 Å². The van der Waals surface area contributed by atoms with Gasteiger partial charge in [-0.1, -0.05) is 6.92 Å². The highest BCUT2D eigenvalue weighted by molar-refractivity contribution is 7.14. The molecule has 1 aliphatic carbocycles. The van der Waals surface area contributed by atoms with E-state index in [1.807, 2.05) is 29.0 Å². The Morgan fingerprint density at radius 2 is 1.96 bits per heavy atom. The highest BCUT2D eigenvalue weighted by Gasteiger charge is 2.21. The summed E-state index contributed by atoms with van der Waals surface area (Å²) in [5, 5.41) is 0. The summed E-state index contributed by atoms with van der Waals surface area (Å²) in [4.78, 5) is 30.6. The summed E-state index contributed by atoms with van der Waals surface area (Å²) >= 11 is 1.52. The number of carbonyl (C=O) groups is 2. The molecule has 2 N–H and O–H groups in total. The van der Waals surface area contributed by atoms with Crippen molar-refractivity contribution in [1.29, 1.82) is 0 Å². The topological polar surface area (TPSA) is 76.0 Å². The first-order chi connectivity index (χ1) is 13.1. The zero-order valence-corrected chi connectivity index (χ0v) is 15.8. The zero-order chi connectivity index (χ0) is 18.8. The third kappa shape index (κ3) is 3.78. The minimum Gasteiger partial charge on any atom is -0.306 e. The minimum absolute atomic E-state index is 0.273. The van der Waals surface area contributed by atoms with Crippen LogP contribution in [0.5, 0.6) is 0 Å². The van der Waals surface area contributed by atoms with Crippen molar-refractivity contribution in [2.45, 2.75) is 26.2 Å². The van der Waals surface area contributed by atoms with Gasteiger partial charge >= 0.3 is 0 Å². The molecule has 7 heteroatoms. The van der Waals surface area contributed by atoms with E-state index in [1.54, 1.807) is 24.7 Å². The molecule has 0 spiro atoms. The number of imidazole rings is 1. The average molecular weight is 380 g/mol. The van der Waals surface area contributed by atoms with Gasteiger partial charge in [-0.05, 0) is 61.1 Å². The highest BCUT2D eigenvalue weighted by Crippen LogP contribution is 2.32. The Balaban J connectivity index is 1.37. The van der Waals surface area contributed by atoms with Crippen LogP contribution in [-0.2, 0) is 12.8 Å². The number of nitrogens with one attached hydrogen (secondary N) is 2. The van der Waals surface area contributed by atoms with Crippen LogP contribution >= 0.6 is 11.3 Å². The maximum Gasteiger partial charge on any atom is 0.279 e. The van der Waals surface area contributed by atoms with E-state index in [-0.39, 0.29) is 11.8 Å². The lowest BCUT2D eigenvalue weighted by Crippen LogP contribution is -2.41. The Morgan fingerprint density at radius 1 is 1.19 bits per heavy atom. The molecule has 0 saturated carbocycles. The summed E-state index contributed by atoms with van der Waals surface area (Å²) in [5.74, 6) is 0.0360. The zero-order valence-electron chi connectivity index (χ0n) is 14.9. The number of hydrazine groups is 1. The maximum absolute atomic E-state index is 12.4. The number of aromatic nitrogens is 2. The molecule has 0 fully saturated rings. The lowest BCUT2D eigenvalue weighted by atomic mass is 9.90. The van der Waals surface area contributed by atoms with Crippen molar-refractivity contribution in [3.8, 4) is 5.69 Å². The standard InChI is InChI=1S/C20H20N4O2S/c1-13-2-7-17-15(10-13)11-18(27-17)20(26)23-22-19(25)14-3-5-16(6-4-14)24-9-8-21-12-24/h3-6,8-9,11-13H,2,7,10H2,1H3,(H,22,25)(H,23,26). The van der Waals surface area contributed by atoms with E-state index in [4.69, 9.17) is 0 Å². The lowest BCUT2D eigenvalue weighted by Gasteiger charge is -2.16. The fraction of sp³-hybridized carbons (Fsp3) is 0.250. The van der Waals surface area contributed by atoms with Crippen molar-refractivity contribution in [2.75, 3.05) is 0 Å². The number of amides is 2. The molecule has 0 saturated heterocycles. The fourth-order valence-corrected chi connectivity index (χ4v) is 4.37. The second-order valence-corrected chi connectivity index (χ2v) is 7.97. The van der Waals surface area contributed by atoms with Crippen LogP contribution in [-0.4, -0.2) is 21.4 Å². The summed E-state index contributed by atoms with van der Waals surface area (Å²) in [6, 6.07) is 9.03. The molecule has 4 rings (SSSR count). The second kappa shape index (κ2) is 7.36. The summed E-state index contributed by atoms with van der Waals surface area (Å²) < 4.78 is 1.85. The quantitative estimate of drug-likeness (QED) is 0.686. The average Bonchev–Trinajstić information content (AvgIpc) is 3.35. The van der Waals surface area contributed by atoms with Gasteiger partial charge < -0.3 is 4.57 Å². The van der Waals surface area contributed by atoms with E-state index in [2.05, 4.69) is 22.8 Å². The number of nitrogens with zero attached hydrogens (tertiary/aromatic N) is 2. The van der Waals surface area contributed by atoms with Gasteiger partial charge in [-0.2, -0.15) is 0 Å². The number of aryl methyl sites for hydroxylation is 1. The van der Waals surface area contributed by atoms with Crippen LogP contribution in [0.25, 0.3) is 5.69 Å². The van der Waals surface area contributed by atoms with Crippen LogP contribution in [0, 0.1) is 5.92 Å². The number of rotatable bonds is 3. The molecule has 0 aliphatic heterocycles. The molecule has 138 valence electrons. The summed E-state index contributed by atoms with van der Waals surface area (Å²) in [6.45, 7) is 2.23. The van der Waals surface area contributed by atoms with Crippen molar-refractivity contribution >= 4 is 23.2 Å². The van der Waals surface area contributed by atoms with Crippen LogP contribution in [0.4, 0.5) is 0 Å². The van der Waals surface area contributed by atoms with Crippen LogP contribution in [0.2, 0.25) is 0 Å². The van der Waals surface area contributed by atoms with Crippen molar-refractivity contribution < 1.29 is 9.59 Å². The van der Waals surface area contributed by atoms with Gasteiger partial charge in [-0.15, -0.1) is 11.3 Å². The van der Waals surface area contributed by atoms with Gasteiger partial charge in [-0.25, -0.2) is 4.98 Å². The Morgan fingerprint density at radius 3 is 2.70 bits per heavy atom. The predicted octanol–water partition coefficient (Wildman–Crippen LogP) is 3.13. The van der Waals surface area contributed by atoms with Crippen LogP contribution in [0.3, 0.4) is 0 Å². The monoisotopic (exact) mass is 380 g/mol. The molecule has 2 aromatic heterocycles. The van der Waals surface area contributed by atoms with E-state index in [0.717, 1.165) is 18.5 Å². The third-order valence-electron chi connectivity index (χ3n) is 4.77. The van der Waals surface area contributed by atoms with Crippen LogP contribution in [0.15, 0.2) is 49.1 Å². The van der Waals surface area contributed by atoms with Crippen LogP contribution < -0.4 is 10.9 Å². The molecule has 1 atom stereocenters. The van der Waals surface area contributed by atoms with Gasteiger partial charge in [-0.3, -0.25) is 20.4 Å². The molecule has 6 nitrogen and oxygen atoms in total. The SMILES string of the molecule is CC1CCc2sc(C(=O)NNC(=O)c3ccc(-n4ccnc4)cc3)cc2C1. The van der Waals surface area contributed by atoms with Gasteiger partial charge in [0.1, 0.15) is 0 Å². The van der Waals surface area contributed by atoms with Crippen molar-refractivity contribution in [3.05, 3.63) is 69.9 Å². The molecule has 1 aliphatic rings. The van der Waals surface area contributed by atoms with Gasteiger partial charge in [0, 0.05) is 28.5 Å². The summed E-state index contributed by atoms with van der Waals surface area (Å²) in [6.07, 6.45) is 8.44. The van der Waals surface area contributed by atoms with E-state index in [9.17, 15) is 9.59 Å². The Labute approximate surface area is 161 Å². The third-order valence-corrected chi connectivity index (χ3v) is 6.01. The molecule has 0 radical (unpaired) electrons. The Bertz CT molecular complexity index is 961. The lowest BCUT2D eigenvalue weighted by molar-refractivity contribution is 0.0849. The van der Waals surface area contributed by atoms with E-state index in [1.165, 1.54) is 28.2 Å². The molecular weight excluding hydrogens is 360 g/mol. The highest BCUT2D eigenvalue weighted by atomic mass is 32.1. The molecule has 1 unspecified atom stereocenters. The maximum atomic E-state index is 12.4. The van der Waals surface area contributed by atoms with Gasteiger partial charge in [0.25, 0.3) is 11.8 Å². The molecule has 1 aromatic carbocycles. The summed E-state index contributed by atoms with van der Waals surface area (Å²) in [5.41, 5.74) is 7.65. The number of carbonyl (C=O) groups excluding carboxylic acids is 2. The smallest absolute Gasteiger partial charge is 0.279 e.